The molecule has 6 nitrogen and oxygen atoms in total. The van der Waals surface area contributed by atoms with Gasteiger partial charge < -0.3 is 19.9 Å². The zero-order valence-electron chi connectivity index (χ0n) is 17.2. The van der Waals surface area contributed by atoms with Crippen LogP contribution in [0, 0.1) is 0 Å². The molecule has 2 aliphatic rings. The van der Waals surface area contributed by atoms with E-state index in [9.17, 15) is 4.79 Å². The van der Waals surface area contributed by atoms with E-state index >= 15 is 0 Å². The lowest BCUT2D eigenvalue weighted by Gasteiger charge is -2.40. The number of carbonyl (C=O) groups is 1. The second-order valence-corrected chi connectivity index (χ2v) is 8.28. The largest absolute Gasteiger partial charge is 0.381 e. The first kappa shape index (κ1) is 23.9. The summed E-state index contributed by atoms with van der Waals surface area (Å²) in [6, 6.07) is 8.63. The normalized spacial score (nSPS) is 21.5. The SMILES string of the molecule is CC(C)n1c(C2CCCN(C(=O)C3(N)CCOCC3)C2)nc2ccccc21.Cl.Cl. The van der Waals surface area contributed by atoms with Crippen LogP contribution in [0.15, 0.2) is 24.3 Å². The van der Waals surface area contributed by atoms with Crippen molar-refractivity contribution in [2.24, 2.45) is 5.73 Å². The topological polar surface area (TPSA) is 73.4 Å². The molecule has 29 heavy (non-hydrogen) atoms. The Morgan fingerprint density at radius 2 is 1.93 bits per heavy atom. The van der Waals surface area contributed by atoms with Crippen molar-refractivity contribution in [3.05, 3.63) is 30.1 Å². The third-order valence-corrected chi connectivity index (χ3v) is 6.02. The van der Waals surface area contributed by atoms with Crippen LogP contribution >= 0.6 is 24.8 Å². The van der Waals surface area contributed by atoms with Crippen molar-refractivity contribution in [3.63, 3.8) is 0 Å². The molecule has 2 aromatic rings. The van der Waals surface area contributed by atoms with E-state index in [2.05, 4.69) is 36.6 Å². The summed E-state index contributed by atoms with van der Waals surface area (Å²) in [6.07, 6.45) is 3.26. The van der Waals surface area contributed by atoms with Gasteiger partial charge in [0.2, 0.25) is 5.91 Å². The summed E-state index contributed by atoms with van der Waals surface area (Å²) in [5.41, 5.74) is 7.90. The molecule has 1 unspecified atom stereocenters. The van der Waals surface area contributed by atoms with Crippen molar-refractivity contribution < 1.29 is 9.53 Å². The molecule has 8 heteroatoms. The minimum absolute atomic E-state index is 0. The number of amides is 1. The molecule has 2 saturated heterocycles. The molecule has 1 aromatic heterocycles. The number of hydrogen-bond donors (Lipinski definition) is 1. The number of imidazole rings is 1. The maximum Gasteiger partial charge on any atom is 0.242 e. The highest BCUT2D eigenvalue weighted by Gasteiger charge is 2.41. The van der Waals surface area contributed by atoms with Crippen molar-refractivity contribution in [1.29, 1.82) is 0 Å². The number of aromatic nitrogens is 2. The quantitative estimate of drug-likeness (QED) is 0.786. The molecular formula is C21H32Cl2N4O2. The molecule has 3 heterocycles. The predicted octanol–water partition coefficient (Wildman–Crippen LogP) is 3.67. The fraction of sp³-hybridized carbons (Fsp3) is 0.619. The highest BCUT2D eigenvalue weighted by atomic mass is 35.5. The number of likely N-dealkylation sites (tertiary alicyclic amines) is 1. The first-order valence-corrected chi connectivity index (χ1v) is 10.1. The van der Waals surface area contributed by atoms with Gasteiger partial charge in [0.25, 0.3) is 0 Å². The first-order chi connectivity index (χ1) is 13.0. The lowest BCUT2D eigenvalue weighted by atomic mass is 9.87. The van der Waals surface area contributed by atoms with E-state index in [4.69, 9.17) is 15.5 Å². The van der Waals surface area contributed by atoms with Gasteiger partial charge in [0.1, 0.15) is 5.82 Å². The minimum Gasteiger partial charge on any atom is -0.381 e. The average Bonchev–Trinajstić information content (AvgIpc) is 3.08. The van der Waals surface area contributed by atoms with Gasteiger partial charge in [-0.25, -0.2) is 4.98 Å². The molecule has 1 amide bonds. The van der Waals surface area contributed by atoms with Crippen LogP contribution in [-0.4, -0.2) is 52.2 Å². The number of carbonyl (C=O) groups excluding carboxylic acids is 1. The smallest absolute Gasteiger partial charge is 0.242 e. The fourth-order valence-electron chi connectivity index (χ4n) is 4.53. The van der Waals surface area contributed by atoms with Gasteiger partial charge in [-0.2, -0.15) is 0 Å². The monoisotopic (exact) mass is 442 g/mol. The van der Waals surface area contributed by atoms with Crippen LogP contribution in [0.1, 0.15) is 57.3 Å². The Morgan fingerprint density at radius 3 is 2.62 bits per heavy atom. The standard InChI is InChI=1S/C21H30N4O2.2ClH/c1-15(2)25-18-8-4-3-7-17(18)23-19(25)16-6-5-11-24(14-16)20(26)21(22)9-12-27-13-10-21;;/h3-4,7-8,15-16H,5-6,9-14,22H2,1-2H3;2*1H. The van der Waals surface area contributed by atoms with Gasteiger partial charge in [-0.05, 0) is 51.7 Å². The molecule has 1 aromatic carbocycles. The molecule has 2 N–H and O–H groups in total. The molecule has 0 radical (unpaired) electrons. The number of nitrogens with zero attached hydrogens (tertiary/aromatic N) is 3. The number of nitrogens with two attached hydrogens (primary N) is 1. The van der Waals surface area contributed by atoms with Gasteiger partial charge in [0.05, 0.1) is 16.6 Å². The summed E-state index contributed by atoms with van der Waals surface area (Å²) >= 11 is 0. The van der Waals surface area contributed by atoms with Gasteiger partial charge in [0.15, 0.2) is 0 Å². The maximum atomic E-state index is 13.2. The molecule has 0 spiro atoms. The summed E-state index contributed by atoms with van der Waals surface area (Å²) < 4.78 is 7.74. The van der Waals surface area contributed by atoms with E-state index in [0.29, 0.717) is 38.6 Å². The molecule has 2 aliphatic heterocycles. The molecule has 0 aliphatic carbocycles. The van der Waals surface area contributed by atoms with Gasteiger partial charge in [0, 0.05) is 38.3 Å². The van der Waals surface area contributed by atoms with E-state index in [0.717, 1.165) is 30.7 Å². The Kier molecular flexibility index (Phi) is 7.96. The zero-order chi connectivity index (χ0) is 19.0. The molecule has 1 atom stereocenters. The number of para-hydroxylation sites is 2. The summed E-state index contributed by atoms with van der Waals surface area (Å²) in [5, 5.41) is 0. The summed E-state index contributed by atoms with van der Waals surface area (Å²) in [5.74, 6) is 1.44. The number of hydrogen-bond acceptors (Lipinski definition) is 4. The van der Waals surface area contributed by atoms with Crippen LogP contribution in [-0.2, 0) is 9.53 Å². The number of ether oxygens (including phenoxy) is 1. The Labute approximate surface area is 185 Å². The zero-order valence-corrected chi connectivity index (χ0v) is 18.8. The highest BCUT2D eigenvalue weighted by molar-refractivity contribution is 5.86. The number of piperidine rings is 1. The van der Waals surface area contributed by atoms with Gasteiger partial charge in [-0.15, -0.1) is 24.8 Å². The third kappa shape index (κ3) is 4.55. The Hall–Kier alpha value is -1.34. The van der Waals surface area contributed by atoms with Crippen LogP contribution in [0.25, 0.3) is 11.0 Å². The van der Waals surface area contributed by atoms with Crippen LogP contribution in [0.4, 0.5) is 0 Å². The summed E-state index contributed by atoms with van der Waals surface area (Å²) in [4.78, 5) is 20.1. The Balaban J connectivity index is 0.00000150. The predicted molar refractivity (Wildman–Crippen MR) is 120 cm³/mol. The molecule has 2 fully saturated rings. The lowest BCUT2D eigenvalue weighted by molar-refractivity contribution is -0.141. The van der Waals surface area contributed by atoms with Crippen molar-refractivity contribution in [3.8, 4) is 0 Å². The number of halogens is 2. The van der Waals surface area contributed by atoms with Crippen molar-refractivity contribution in [1.82, 2.24) is 14.5 Å². The Morgan fingerprint density at radius 1 is 1.24 bits per heavy atom. The highest BCUT2D eigenvalue weighted by Crippen LogP contribution is 2.33. The fourth-order valence-corrected chi connectivity index (χ4v) is 4.53. The van der Waals surface area contributed by atoms with E-state index < -0.39 is 5.54 Å². The van der Waals surface area contributed by atoms with Crippen molar-refractivity contribution in [2.75, 3.05) is 26.3 Å². The first-order valence-electron chi connectivity index (χ1n) is 10.1. The minimum atomic E-state index is -0.766. The lowest BCUT2D eigenvalue weighted by Crippen LogP contribution is -2.59. The molecule has 162 valence electrons. The van der Waals surface area contributed by atoms with Crippen LogP contribution in [0.2, 0.25) is 0 Å². The van der Waals surface area contributed by atoms with Gasteiger partial charge >= 0.3 is 0 Å². The van der Waals surface area contributed by atoms with E-state index in [1.165, 1.54) is 5.52 Å². The second kappa shape index (κ2) is 9.65. The molecule has 0 saturated carbocycles. The number of fused-ring (bicyclic) bond motifs is 1. The molecule has 4 rings (SSSR count). The average molecular weight is 443 g/mol. The second-order valence-electron chi connectivity index (χ2n) is 8.28. The van der Waals surface area contributed by atoms with E-state index in [-0.39, 0.29) is 36.6 Å². The maximum absolute atomic E-state index is 13.2. The van der Waals surface area contributed by atoms with Crippen molar-refractivity contribution in [2.45, 2.75) is 57.0 Å². The van der Waals surface area contributed by atoms with Crippen LogP contribution in [0.3, 0.4) is 0 Å². The van der Waals surface area contributed by atoms with Crippen LogP contribution in [0.5, 0.6) is 0 Å². The van der Waals surface area contributed by atoms with Crippen LogP contribution < -0.4 is 5.73 Å². The number of rotatable bonds is 3. The molecular weight excluding hydrogens is 411 g/mol. The Bertz CT molecular complexity index is 833. The molecule has 0 bridgehead atoms. The van der Waals surface area contributed by atoms with Gasteiger partial charge in [-0.1, -0.05) is 12.1 Å². The summed E-state index contributed by atoms with van der Waals surface area (Å²) in [6.45, 7) is 7.03. The number of benzene rings is 1. The van der Waals surface area contributed by atoms with E-state index in [1.54, 1.807) is 0 Å². The third-order valence-electron chi connectivity index (χ3n) is 6.02. The summed E-state index contributed by atoms with van der Waals surface area (Å²) in [7, 11) is 0. The van der Waals surface area contributed by atoms with Crippen molar-refractivity contribution >= 4 is 41.8 Å². The van der Waals surface area contributed by atoms with E-state index in [1.807, 2.05) is 11.0 Å². The van der Waals surface area contributed by atoms with Gasteiger partial charge in [-0.3, -0.25) is 4.79 Å².